The number of nitrogens with two attached hydrogens (primary N) is 1. The fourth-order valence-corrected chi connectivity index (χ4v) is 5.66. The van der Waals surface area contributed by atoms with Crippen LogP contribution in [0.3, 0.4) is 0 Å². The average Bonchev–Trinajstić information content (AvgIpc) is 3.69. The molecular formula is C32H40N4O. The van der Waals surface area contributed by atoms with E-state index in [2.05, 4.69) is 61.4 Å². The second kappa shape index (κ2) is 11.8. The maximum atomic E-state index is 12.8. The molecule has 2 aliphatic carbocycles. The number of hydrogen-bond acceptors (Lipinski definition) is 4. The topological polar surface area (TPSA) is 91.3 Å². The Morgan fingerprint density at radius 1 is 1.16 bits per heavy atom. The van der Waals surface area contributed by atoms with E-state index in [4.69, 9.17) is 5.73 Å². The highest BCUT2D eigenvalue weighted by Crippen LogP contribution is 2.52. The van der Waals surface area contributed by atoms with E-state index in [0.717, 1.165) is 48.8 Å². The molecule has 0 bridgehead atoms. The van der Waals surface area contributed by atoms with Gasteiger partial charge in [0.05, 0.1) is 23.8 Å². The van der Waals surface area contributed by atoms with Crippen molar-refractivity contribution in [2.45, 2.75) is 96.1 Å². The standard InChI is InChI=1S/C32H40N4O/c1-4-7-24-14-23(9-11-30(24)32(6-3)12-13-32)20-35-21-27(19-34)31(37)36-28-16-26(17-28)29-15-22(5-2)8-10-25(29)18-33/h8-11,14-15,19,21,26,28H,4-7,12-13,16-17,20,34H2,1-3H3,(H,36,37)/b27-19+,35-21?. The van der Waals surface area contributed by atoms with Gasteiger partial charge in [-0.3, -0.25) is 9.79 Å². The van der Waals surface area contributed by atoms with Crippen LogP contribution in [0.15, 0.2) is 53.2 Å². The smallest absolute Gasteiger partial charge is 0.254 e. The summed E-state index contributed by atoms with van der Waals surface area (Å²) in [4.78, 5) is 17.4. The zero-order valence-corrected chi connectivity index (χ0v) is 22.5. The molecule has 2 saturated carbocycles. The maximum Gasteiger partial charge on any atom is 0.254 e. The van der Waals surface area contributed by atoms with E-state index in [1.54, 1.807) is 6.21 Å². The average molecular weight is 497 g/mol. The van der Waals surface area contributed by atoms with E-state index < -0.39 is 0 Å². The lowest BCUT2D eigenvalue weighted by Crippen LogP contribution is -2.44. The van der Waals surface area contributed by atoms with Crippen molar-refractivity contribution in [1.29, 1.82) is 5.26 Å². The minimum atomic E-state index is -0.196. The Bertz CT molecular complexity index is 1230. The predicted molar refractivity (Wildman–Crippen MR) is 151 cm³/mol. The number of hydrogen-bond donors (Lipinski definition) is 2. The second-order valence-corrected chi connectivity index (χ2v) is 10.7. The van der Waals surface area contributed by atoms with Crippen LogP contribution in [0.5, 0.6) is 0 Å². The molecule has 194 valence electrons. The molecule has 0 radical (unpaired) electrons. The number of carbonyl (C=O) groups excluding carboxylic acids is 1. The number of nitrogens with one attached hydrogen (secondary N) is 1. The van der Waals surface area contributed by atoms with Crippen LogP contribution in [0.1, 0.15) is 98.6 Å². The quantitative estimate of drug-likeness (QED) is 0.296. The molecule has 0 saturated heterocycles. The number of aliphatic imine (C=N–C) groups is 1. The van der Waals surface area contributed by atoms with Crippen LogP contribution in [0.4, 0.5) is 0 Å². The van der Waals surface area contributed by atoms with Crippen molar-refractivity contribution >= 4 is 12.1 Å². The SMILES string of the molecule is CCCc1cc(CN=C/C(=C\N)C(=O)NC2CC(c3cc(CC)ccc3C#N)C2)ccc1C1(CC)CC1. The minimum Gasteiger partial charge on any atom is -0.404 e. The van der Waals surface area contributed by atoms with Crippen molar-refractivity contribution < 1.29 is 4.79 Å². The summed E-state index contributed by atoms with van der Waals surface area (Å²) in [6.45, 7) is 7.17. The highest BCUT2D eigenvalue weighted by Gasteiger charge is 2.43. The second-order valence-electron chi connectivity index (χ2n) is 10.7. The summed E-state index contributed by atoms with van der Waals surface area (Å²) >= 11 is 0. The summed E-state index contributed by atoms with van der Waals surface area (Å²) in [6.07, 6.45) is 11.5. The van der Waals surface area contributed by atoms with Gasteiger partial charge in [-0.15, -0.1) is 0 Å². The Balaban J connectivity index is 1.33. The van der Waals surface area contributed by atoms with Gasteiger partial charge in [0.25, 0.3) is 5.91 Å². The van der Waals surface area contributed by atoms with Gasteiger partial charge in [0, 0.05) is 18.5 Å². The monoisotopic (exact) mass is 496 g/mol. The summed E-state index contributed by atoms with van der Waals surface area (Å²) in [6, 6.07) is 15.3. The molecule has 2 aromatic rings. The van der Waals surface area contributed by atoms with Crippen LogP contribution in [0.25, 0.3) is 0 Å². The van der Waals surface area contributed by atoms with Crippen molar-refractivity contribution in [2.24, 2.45) is 10.7 Å². The number of amides is 1. The van der Waals surface area contributed by atoms with Gasteiger partial charge >= 0.3 is 0 Å². The summed E-state index contributed by atoms with van der Waals surface area (Å²) in [7, 11) is 0. The van der Waals surface area contributed by atoms with Gasteiger partial charge in [-0.1, -0.05) is 57.5 Å². The molecule has 0 spiro atoms. The number of benzene rings is 2. The molecule has 4 rings (SSSR count). The molecule has 2 aliphatic rings. The summed E-state index contributed by atoms with van der Waals surface area (Å²) < 4.78 is 0. The molecule has 0 aromatic heterocycles. The van der Waals surface area contributed by atoms with E-state index in [-0.39, 0.29) is 11.9 Å². The third-order valence-corrected chi connectivity index (χ3v) is 8.29. The van der Waals surface area contributed by atoms with Crippen molar-refractivity contribution in [3.8, 4) is 6.07 Å². The van der Waals surface area contributed by atoms with Gasteiger partial charge in [-0.2, -0.15) is 5.26 Å². The number of rotatable bonds is 11. The molecule has 1 amide bonds. The van der Waals surface area contributed by atoms with Crippen molar-refractivity contribution in [3.05, 3.63) is 81.6 Å². The highest BCUT2D eigenvalue weighted by atomic mass is 16.1. The number of carbonyl (C=O) groups is 1. The lowest BCUT2D eigenvalue weighted by atomic mass is 9.74. The van der Waals surface area contributed by atoms with Gasteiger partial charge in [0.15, 0.2) is 0 Å². The van der Waals surface area contributed by atoms with E-state index in [1.165, 1.54) is 42.2 Å². The third kappa shape index (κ3) is 5.96. The first-order valence-electron chi connectivity index (χ1n) is 13.8. The number of aryl methyl sites for hydroxylation is 2. The van der Waals surface area contributed by atoms with Gasteiger partial charge in [0.2, 0.25) is 0 Å². The first-order chi connectivity index (χ1) is 18.0. The Morgan fingerprint density at radius 2 is 1.92 bits per heavy atom. The zero-order chi connectivity index (χ0) is 26.4. The van der Waals surface area contributed by atoms with Crippen LogP contribution >= 0.6 is 0 Å². The van der Waals surface area contributed by atoms with Gasteiger partial charge in [0.1, 0.15) is 0 Å². The van der Waals surface area contributed by atoms with Gasteiger partial charge < -0.3 is 11.1 Å². The van der Waals surface area contributed by atoms with E-state index in [0.29, 0.717) is 23.5 Å². The third-order valence-electron chi connectivity index (χ3n) is 8.29. The van der Waals surface area contributed by atoms with E-state index in [9.17, 15) is 10.1 Å². The normalized spacial score (nSPS) is 20.3. The lowest BCUT2D eigenvalue weighted by Gasteiger charge is -2.36. The van der Waals surface area contributed by atoms with E-state index in [1.807, 2.05) is 12.1 Å². The van der Waals surface area contributed by atoms with Crippen molar-refractivity contribution in [3.63, 3.8) is 0 Å². The molecule has 5 heteroatoms. The Kier molecular flexibility index (Phi) is 8.48. The summed E-state index contributed by atoms with van der Waals surface area (Å²) in [5.74, 6) is 0.103. The Hall–Kier alpha value is -3.39. The van der Waals surface area contributed by atoms with Crippen LogP contribution in [-0.2, 0) is 29.6 Å². The van der Waals surface area contributed by atoms with Gasteiger partial charge in [-0.05, 0) is 90.2 Å². The molecule has 0 atom stereocenters. The van der Waals surface area contributed by atoms with E-state index >= 15 is 0 Å². The molecule has 0 unspecified atom stereocenters. The molecule has 5 nitrogen and oxygen atoms in total. The molecule has 2 fully saturated rings. The molecule has 37 heavy (non-hydrogen) atoms. The van der Waals surface area contributed by atoms with Crippen molar-refractivity contribution in [1.82, 2.24) is 5.32 Å². The van der Waals surface area contributed by atoms with Crippen LogP contribution in [0, 0.1) is 11.3 Å². The minimum absolute atomic E-state index is 0.0788. The first kappa shape index (κ1) is 26.7. The van der Waals surface area contributed by atoms with Crippen molar-refractivity contribution in [2.75, 3.05) is 0 Å². The summed E-state index contributed by atoms with van der Waals surface area (Å²) in [5, 5.41) is 12.6. The van der Waals surface area contributed by atoms with Gasteiger partial charge in [-0.25, -0.2) is 0 Å². The Morgan fingerprint density at radius 3 is 2.54 bits per heavy atom. The van der Waals surface area contributed by atoms with Crippen LogP contribution in [0.2, 0.25) is 0 Å². The number of nitrogens with zero attached hydrogens (tertiary/aromatic N) is 2. The van der Waals surface area contributed by atoms with Crippen LogP contribution < -0.4 is 11.1 Å². The molecule has 2 aromatic carbocycles. The first-order valence-corrected chi connectivity index (χ1v) is 13.8. The fraction of sp³-hybridized carbons (Fsp3) is 0.469. The number of nitriles is 1. The molecular weight excluding hydrogens is 456 g/mol. The summed E-state index contributed by atoms with van der Waals surface area (Å²) in [5.41, 5.74) is 13.8. The molecule has 0 aliphatic heterocycles. The Labute approximate surface area is 221 Å². The fourth-order valence-electron chi connectivity index (χ4n) is 5.66. The van der Waals surface area contributed by atoms with Crippen LogP contribution in [-0.4, -0.2) is 18.2 Å². The maximum absolute atomic E-state index is 12.8. The zero-order valence-electron chi connectivity index (χ0n) is 22.5. The molecule has 0 heterocycles. The largest absolute Gasteiger partial charge is 0.404 e. The lowest BCUT2D eigenvalue weighted by molar-refractivity contribution is -0.118. The predicted octanol–water partition coefficient (Wildman–Crippen LogP) is 5.99. The highest BCUT2D eigenvalue weighted by molar-refractivity contribution is 6.12. The molecule has 3 N–H and O–H groups in total.